The van der Waals surface area contributed by atoms with E-state index in [9.17, 15) is 24.0 Å². The van der Waals surface area contributed by atoms with Crippen molar-refractivity contribution in [1.82, 2.24) is 4.73 Å². The highest BCUT2D eigenvalue weighted by Crippen LogP contribution is 2.56. The van der Waals surface area contributed by atoms with E-state index in [4.69, 9.17) is 8.47 Å². The molecule has 0 radical (unpaired) electrons. The fraction of sp³-hybridized carbons (Fsp3) is 0.263. The number of methoxy groups -OCH3 is 2. The molecule has 1 aromatic heterocycles. The largest absolute Gasteiger partial charge is 0.492 e. The zero-order valence-electron chi connectivity index (χ0n) is 15.9. The van der Waals surface area contributed by atoms with Gasteiger partial charge in [0.2, 0.25) is 11.8 Å². The number of nitrogens with zero attached hydrogens (tertiary/aromatic N) is 1. The van der Waals surface area contributed by atoms with E-state index in [1.807, 2.05) is 12.2 Å². The van der Waals surface area contributed by atoms with Crippen LogP contribution in [0.3, 0.4) is 0 Å². The molecule has 2 aliphatic rings. The highest BCUT2D eigenvalue weighted by atomic mass is 32.2. The summed E-state index contributed by atoms with van der Waals surface area (Å²) < 4.78 is 32.5. The molecule has 0 saturated carbocycles. The number of ether oxygens (including phenoxy) is 2. The van der Waals surface area contributed by atoms with Gasteiger partial charge in [-0.25, -0.2) is 9.59 Å². The number of fused-ring (bicyclic) bond motifs is 5. The van der Waals surface area contributed by atoms with Gasteiger partial charge in [0.05, 0.1) is 25.3 Å². The summed E-state index contributed by atoms with van der Waals surface area (Å²) in [6.45, 7) is 0. The number of hydrogen-bond acceptors (Lipinski definition) is 9. The van der Waals surface area contributed by atoms with Crippen LogP contribution in [0.5, 0.6) is 17.5 Å². The Morgan fingerprint density at radius 3 is 1.93 bits per heavy atom. The fourth-order valence-corrected chi connectivity index (χ4v) is 4.31. The lowest BCUT2D eigenvalue weighted by Crippen LogP contribution is -2.19. The minimum atomic E-state index is -2.55. The molecule has 1 aromatic carbocycles. The summed E-state index contributed by atoms with van der Waals surface area (Å²) in [5, 5.41) is 20.8. The van der Waals surface area contributed by atoms with Crippen LogP contribution in [-0.4, -0.2) is 45.3 Å². The zero-order valence-corrected chi connectivity index (χ0v) is 16.7. The van der Waals surface area contributed by atoms with Crippen LogP contribution in [0.1, 0.15) is 50.1 Å². The summed E-state index contributed by atoms with van der Waals surface area (Å²) in [6.07, 6.45) is 4.61. The number of rotatable bonds is 6. The Morgan fingerprint density at radius 2 is 1.47 bits per heavy atom. The molecule has 10 nitrogen and oxygen atoms in total. The number of carbonyl (C=O) groups excluding carboxylic acids is 2. The number of hydrogen-bond donors (Lipinski definition) is 2. The van der Waals surface area contributed by atoms with E-state index in [2.05, 4.69) is 9.47 Å². The Bertz CT molecular complexity index is 1030. The van der Waals surface area contributed by atoms with E-state index in [0.29, 0.717) is 15.9 Å². The third-order valence-electron chi connectivity index (χ3n) is 5.03. The van der Waals surface area contributed by atoms with Gasteiger partial charge in [0.25, 0.3) is 0 Å². The number of esters is 2. The molecule has 3 unspecified atom stereocenters. The van der Waals surface area contributed by atoms with Gasteiger partial charge in [-0.2, -0.15) is 4.21 Å². The summed E-state index contributed by atoms with van der Waals surface area (Å²) in [7, 11) is 2.32. The standard InChI is InChI=1S/C19H17NO9S/c1-26-18(23)11-6-12(19(24)27-2)8-13(7-11)28-30(25)29-20-16(21)14-9-3-4-10(5-9)15(14)17(20)22/h3-4,6-10,21-22H,5H2,1-2H3. The Morgan fingerprint density at radius 1 is 0.967 bits per heavy atom. The second-order valence-corrected chi connectivity index (χ2v) is 7.42. The van der Waals surface area contributed by atoms with Gasteiger partial charge < -0.3 is 23.9 Å². The molecule has 11 heteroatoms. The van der Waals surface area contributed by atoms with Crippen molar-refractivity contribution in [2.75, 3.05) is 14.2 Å². The predicted octanol–water partition coefficient (Wildman–Crippen LogP) is 1.70. The predicted molar refractivity (Wildman–Crippen MR) is 101 cm³/mol. The lowest BCUT2D eigenvalue weighted by Gasteiger charge is -2.11. The van der Waals surface area contributed by atoms with Crippen molar-refractivity contribution in [1.29, 1.82) is 0 Å². The quantitative estimate of drug-likeness (QED) is 0.514. The highest BCUT2D eigenvalue weighted by molar-refractivity contribution is 7.75. The van der Waals surface area contributed by atoms with Crippen molar-refractivity contribution in [2.24, 2.45) is 0 Å². The molecule has 2 N–H and O–H groups in total. The molecule has 30 heavy (non-hydrogen) atoms. The van der Waals surface area contributed by atoms with Gasteiger partial charge in [-0.15, -0.1) is 0 Å². The third kappa shape index (κ3) is 3.16. The summed E-state index contributed by atoms with van der Waals surface area (Å²) in [6, 6.07) is 3.61. The number of allylic oxidation sites excluding steroid dienone is 2. The van der Waals surface area contributed by atoms with Crippen LogP contribution in [0.15, 0.2) is 30.4 Å². The molecule has 0 amide bonds. The molecule has 0 saturated heterocycles. The first-order valence-electron chi connectivity index (χ1n) is 8.79. The smallest absolute Gasteiger partial charge is 0.438 e. The van der Waals surface area contributed by atoms with Crippen molar-refractivity contribution >= 4 is 23.3 Å². The van der Waals surface area contributed by atoms with Gasteiger partial charge >= 0.3 is 23.3 Å². The average Bonchev–Trinajstić information content (AvgIpc) is 3.42. The molecule has 3 atom stereocenters. The van der Waals surface area contributed by atoms with E-state index in [0.717, 1.165) is 20.6 Å². The number of aromatic nitrogens is 1. The molecule has 0 fully saturated rings. The molecule has 4 rings (SSSR count). The van der Waals surface area contributed by atoms with Gasteiger partial charge in [-0.05, 0) is 24.6 Å². The summed E-state index contributed by atoms with van der Waals surface area (Å²) in [4.78, 5) is 23.7. The van der Waals surface area contributed by atoms with Crippen LogP contribution >= 0.6 is 0 Å². The van der Waals surface area contributed by atoms with Crippen LogP contribution in [0, 0.1) is 0 Å². The first kappa shape index (κ1) is 19.8. The van der Waals surface area contributed by atoms with E-state index in [-0.39, 0.29) is 40.5 Å². The lowest BCUT2D eigenvalue weighted by molar-refractivity contribution is 0.0598. The minimum absolute atomic E-state index is 0.0410. The van der Waals surface area contributed by atoms with Crippen molar-refractivity contribution < 1.29 is 42.0 Å². The van der Waals surface area contributed by atoms with Gasteiger partial charge in [0.15, 0.2) is 0 Å². The topological polar surface area (TPSA) is 134 Å². The van der Waals surface area contributed by atoms with Crippen LogP contribution in [0.2, 0.25) is 0 Å². The molecule has 0 spiro atoms. The van der Waals surface area contributed by atoms with Gasteiger partial charge in [-0.1, -0.05) is 16.9 Å². The van der Waals surface area contributed by atoms with Gasteiger partial charge in [0.1, 0.15) is 5.75 Å². The first-order chi connectivity index (χ1) is 14.3. The van der Waals surface area contributed by atoms with Gasteiger partial charge in [-0.3, -0.25) is 4.28 Å². The Hall–Kier alpha value is -3.47. The molecule has 2 bridgehead atoms. The SMILES string of the molecule is COC(=O)c1cc(OS(=O)On2c(O)c3c(c2O)C2C=CC3C2)cc(C(=O)OC)c1. The van der Waals surface area contributed by atoms with Crippen LogP contribution in [-0.2, 0) is 20.8 Å². The van der Waals surface area contributed by atoms with Crippen molar-refractivity contribution in [3.05, 3.63) is 52.6 Å². The second-order valence-electron chi connectivity index (χ2n) is 6.69. The monoisotopic (exact) mass is 435 g/mol. The third-order valence-corrected chi connectivity index (χ3v) is 5.63. The molecule has 2 aliphatic carbocycles. The molecule has 2 aromatic rings. The van der Waals surface area contributed by atoms with Crippen LogP contribution in [0.4, 0.5) is 0 Å². The van der Waals surface area contributed by atoms with E-state index < -0.39 is 23.3 Å². The van der Waals surface area contributed by atoms with Crippen molar-refractivity contribution in [3.63, 3.8) is 0 Å². The molecule has 1 heterocycles. The zero-order chi connectivity index (χ0) is 21.6. The van der Waals surface area contributed by atoms with E-state index in [1.54, 1.807) is 0 Å². The first-order valence-corrected chi connectivity index (χ1v) is 9.79. The minimum Gasteiger partial charge on any atom is -0.492 e. The van der Waals surface area contributed by atoms with Crippen LogP contribution in [0.25, 0.3) is 0 Å². The maximum Gasteiger partial charge on any atom is 0.438 e. The molecular formula is C19H17NO9S. The highest BCUT2D eigenvalue weighted by Gasteiger charge is 2.42. The van der Waals surface area contributed by atoms with E-state index in [1.165, 1.54) is 18.2 Å². The maximum absolute atomic E-state index is 12.4. The Kier molecular flexibility index (Phi) is 4.90. The average molecular weight is 435 g/mol. The maximum atomic E-state index is 12.4. The number of carbonyl (C=O) groups is 2. The Labute approximate surface area is 173 Å². The fourth-order valence-electron chi connectivity index (χ4n) is 3.76. The normalized spacial score (nSPS) is 19.3. The summed E-state index contributed by atoms with van der Waals surface area (Å²) >= 11 is -2.55. The molecule has 0 aliphatic heterocycles. The second kappa shape index (κ2) is 7.41. The van der Waals surface area contributed by atoms with Crippen molar-refractivity contribution in [2.45, 2.75) is 18.3 Å². The summed E-state index contributed by atoms with van der Waals surface area (Å²) in [5.41, 5.74) is 0.969. The number of aromatic hydroxyl groups is 2. The number of benzene rings is 1. The van der Waals surface area contributed by atoms with Gasteiger partial charge in [0, 0.05) is 23.0 Å². The Balaban J connectivity index is 1.58. The lowest BCUT2D eigenvalue weighted by atomic mass is 10.0. The van der Waals surface area contributed by atoms with Crippen molar-refractivity contribution in [3.8, 4) is 17.5 Å². The van der Waals surface area contributed by atoms with Crippen LogP contribution < -0.4 is 8.47 Å². The summed E-state index contributed by atoms with van der Waals surface area (Å²) in [5.74, 6) is -2.49. The molecular weight excluding hydrogens is 418 g/mol. The molecule has 158 valence electrons. The van der Waals surface area contributed by atoms with E-state index >= 15 is 0 Å².